The lowest BCUT2D eigenvalue weighted by Crippen LogP contribution is -2.33. The molecule has 3 atom stereocenters. The Hall–Kier alpha value is -2.00. The molecule has 4 rings (SSSR count). The van der Waals surface area contributed by atoms with Crippen molar-refractivity contribution in [3.05, 3.63) is 35.8 Å². The lowest BCUT2D eigenvalue weighted by atomic mass is 9.95. The average Bonchev–Trinajstić information content (AvgIpc) is 2.89. The molecule has 0 N–H and O–H groups in total. The number of allylic oxidation sites excluding steroid dienone is 1. The number of rotatable bonds is 1. The van der Waals surface area contributed by atoms with Crippen LogP contribution in [0.2, 0.25) is 0 Å². The highest BCUT2D eigenvalue weighted by molar-refractivity contribution is 7.86. The van der Waals surface area contributed by atoms with E-state index in [0.717, 1.165) is 24.8 Å². The van der Waals surface area contributed by atoms with Crippen LogP contribution in [0.5, 0.6) is 0 Å². The van der Waals surface area contributed by atoms with Gasteiger partial charge in [-0.15, -0.1) is 0 Å². The van der Waals surface area contributed by atoms with Gasteiger partial charge in [-0.1, -0.05) is 12.5 Å². The fourth-order valence-corrected chi connectivity index (χ4v) is 5.17. The van der Waals surface area contributed by atoms with Crippen molar-refractivity contribution in [2.45, 2.75) is 36.2 Å². The molecule has 0 aliphatic carbocycles. The van der Waals surface area contributed by atoms with Crippen molar-refractivity contribution in [1.29, 1.82) is 5.26 Å². The molecule has 1 fully saturated rings. The first kappa shape index (κ1) is 12.7. The maximum Gasteiger partial charge on any atom is 0.172 e. The van der Waals surface area contributed by atoms with Crippen LogP contribution < -0.4 is 0 Å². The summed E-state index contributed by atoms with van der Waals surface area (Å²) < 4.78 is 13.9. The lowest BCUT2D eigenvalue weighted by molar-refractivity contribution is 0.579. The van der Waals surface area contributed by atoms with Gasteiger partial charge in [-0.2, -0.15) is 10.4 Å². The molecule has 1 saturated heterocycles. The third kappa shape index (κ3) is 2.00. The average molecular weight is 298 g/mol. The van der Waals surface area contributed by atoms with E-state index in [1.807, 2.05) is 6.20 Å². The fraction of sp³-hybridized carbons (Fsp3) is 0.400. The van der Waals surface area contributed by atoms with Crippen LogP contribution in [0.3, 0.4) is 0 Å². The minimum atomic E-state index is -0.717. The maximum atomic E-state index is 12.2. The standard InChI is InChI=1S/C15H14N4OS/c16-6-11-8-18-19-9-12(7-17-15(11)19)10-4-13-2-1-3-14(5-10)21(13)20/h4,7-9,13-14H,1-3,5H2. The van der Waals surface area contributed by atoms with E-state index in [0.29, 0.717) is 11.2 Å². The Morgan fingerprint density at radius 3 is 3.10 bits per heavy atom. The molecule has 0 amide bonds. The van der Waals surface area contributed by atoms with Gasteiger partial charge in [0.25, 0.3) is 0 Å². The number of nitrogens with zero attached hydrogens (tertiary/aromatic N) is 4. The molecular formula is C15H14N4OS. The number of hydrogen-bond acceptors (Lipinski definition) is 4. The summed E-state index contributed by atoms with van der Waals surface area (Å²) in [6.45, 7) is 0. The molecule has 3 unspecified atom stereocenters. The Balaban J connectivity index is 1.77. The SMILES string of the molecule is N#Cc1cnn2cc(C3=CC4CCCC(C3)S4=O)cnc12. The molecular weight excluding hydrogens is 284 g/mol. The zero-order chi connectivity index (χ0) is 14.4. The van der Waals surface area contributed by atoms with E-state index in [9.17, 15) is 4.21 Å². The monoisotopic (exact) mass is 298 g/mol. The highest BCUT2D eigenvalue weighted by Gasteiger charge is 2.33. The molecule has 4 heterocycles. The zero-order valence-corrected chi connectivity index (χ0v) is 12.2. The predicted molar refractivity (Wildman–Crippen MR) is 79.9 cm³/mol. The summed E-state index contributed by atoms with van der Waals surface area (Å²) in [5.74, 6) is 0. The smallest absolute Gasteiger partial charge is 0.172 e. The summed E-state index contributed by atoms with van der Waals surface area (Å²) in [4.78, 5) is 4.36. The quantitative estimate of drug-likeness (QED) is 0.808. The molecule has 2 aliphatic heterocycles. The fourth-order valence-electron chi connectivity index (χ4n) is 3.23. The van der Waals surface area contributed by atoms with E-state index < -0.39 is 10.8 Å². The summed E-state index contributed by atoms with van der Waals surface area (Å²) in [5.41, 5.74) is 3.30. The first-order valence-corrected chi connectivity index (χ1v) is 8.38. The van der Waals surface area contributed by atoms with Crippen molar-refractivity contribution < 1.29 is 4.21 Å². The zero-order valence-electron chi connectivity index (χ0n) is 11.4. The third-order valence-electron chi connectivity index (χ3n) is 4.32. The van der Waals surface area contributed by atoms with Gasteiger partial charge in [0, 0.05) is 34.0 Å². The van der Waals surface area contributed by atoms with E-state index in [2.05, 4.69) is 22.2 Å². The van der Waals surface area contributed by atoms with E-state index in [1.165, 1.54) is 18.2 Å². The molecule has 2 aliphatic rings. The van der Waals surface area contributed by atoms with Crippen LogP contribution in [-0.2, 0) is 10.8 Å². The van der Waals surface area contributed by atoms with Crippen LogP contribution in [0, 0.1) is 11.3 Å². The van der Waals surface area contributed by atoms with Gasteiger partial charge in [-0.3, -0.25) is 4.21 Å². The largest absolute Gasteiger partial charge is 0.259 e. The Labute approximate surface area is 124 Å². The minimum absolute atomic E-state index is 0.190. The molecule has 5 nitrogen and oxygen atoms in total. The van der Waals surface area contributed by atoms with Crippen LogP contribution >= 0.6 is 0 Å². The second-order valence-corrected chi connectivity index (χ2v) is 7.53. The highest BCUT2D eigenvalue weighted by atomic mass is 32.2. The normalized spacial score (nSPS) is 28.1. The molecule has 0 spiro atoms. The Bertz CT molecular complexity index is 817. The Morgan fingerprint density at radius 2 is 2.29 bits per heavy atom. The summed E-state index contributed by atoms with van der Waals surface area (Å²) in [6, 6.07) is 2.09. The molecule has 0 radical (unpaired) electrons. The molecule has 106 valence electrons. The van der Waals surface area contributed by atoms with Crippen LogP contribution in [0.4, 0.5) is 0 Å². The number of aromatic nitrogens is 3. The molecule has 2 aromatic rings. The van der Waals surface area contributed by atoms with Gasteiger partial charge in [0.05, 0.1) is 11.4 Å². The second-order valence-electron chi connectivity index (χ2n) is 5.60. The number of fused-ring (bicyclic) bond motifs is 3. The maximum absolute atomic E-state index is 12.2. The molecule has 2 bridgehead atoms. The number of nitriles is 1. The van der Waals surface area contributed by atoms with Crippen molar-refractivity contribution in [2.24, 2.45) is 0 Å². The van der Waals surface area contributed by atoms with Gasteiger partial charge in [0.15, 0.2) is 5.65 Å². The second kappa shape index (κ2) is 4.78. The molecule has 0 saturated carbocycles. The van der Waals surface area contributed by atoms with Crippen LogP contribution in [-0.4, -0.2) is 29.3 Å². The third-order valence-corrected chi connectivity index (χ3v) is 6.35. The van der Waals surface area contributed by atoms with Crippen LogP contribution in [0.1, 0.15) is 36.8 Å². The molecule has 2 aromatic heterocycles. The first-order chi connectivity index (χ1) is 10.3. The van der Waals surface area contributed by atoms with Gasteiger partial charge in [-0.25, -0.2) is 9.50 Å². The minimum Gasteiger partial charge on any atom is -0.259 e. The first-order valence-electron chi connectivity index (χ1n) is 7.10. The number of hydrogen-bond donors (Lipinski definition) is 0. The van der Waals surface area contributed by atoms with Gasteiger partial charge in [-0.05, 0) is 24.8 Å². The van der Waals surface area contributed by atoms with E-state index in [-0.39, 0.29) is 10.5 Å². The van der Waals surface area contributed by atoms with Crippen molar-refractivity contribution in [1.82, 2.24) is 14.6 Å². The van der Waals surface area contributed by atoms with Gasteiger partial charge in [0.2, 0.25) is 0 Å². The molecule has 21 heavy (non-hydrogen) atoms. The van der Waals surface area contributed by atoms with Crippen LogP contribution in [0.15, 0.2) is 24.7 Å². The molecule has 6 heteroatoms. The van der Waals surface area contributed by atoms with E-state index in [1.54, 1.807) is 10.7 Å². The summed E-state index contributed by atoms with van der Waals surface area (Å²) in [7, 11) is -0.717. The van der Waals surface area contributed by atoms with Gasteiger partial charge < -0.3 is 0 Å². The Kier molecular flexibility index (Phi) is 2.89. The van der Waals surface area contributed by atoms with Gasteiger partial charge in [0.1, 0.15) is 11.6 Å². The van der Waals surface area contributed by atoms with E-state index in [4.69, 9.17) is 5.26 Å². The summed E-state index contributed by atoms with van der Waals surface area (Å²) in [5, 5.41) is 13.6. The topological polar surface area (TPSA) is 71.1 Å². The van der Waals surface area contributed by atoms with Gasteiger partial charge >= 0.3 is 0 Å². The van der Waals surface area contributed by atoms with Crippen molar-refractivity contribution >= 4 is 22.0 Å². The van der Waals surface area contributed by atoms with Crippen molar-refractivity contribution in [2.75, 3.05) is 0 Å². The Morgan fingerprint density at radius 1 is 1.38 bits per heavy atom. The highest BCUT2D eigenvalue weighted by Crippen LogP contribution is 2.36. The van der Waals surface area contributed by atoms with Crippen molar-refractivity contribution in [3.63, 3.8) is 0 Å². The molecule has 0 aromatic carbocycles. The van der Waals surface area contributed by atoms with E-state index >= 15 is 0 Å². The van der Waals surface area contributed by atoms with Crippen molar-refractivity contribution in [3.8, 4) is 6.07 Å². The predicted octanol–water partition coefficient (Wildman–Crippen LogP) is 2.06. The van der Waals surface area contributed by atoms with Crippen LogP contribution in [0.25, 0.3) is 11.2 Å². The summed E-state index contributed by atoms with van der Waals surface area (Å²) in [6.07, 6.45) is 11.5. The lowest BCUT2D eigenvalue weighted by Gasteiger charge is -2.32. The summed E-state index contributed by atoms with van der Waals surface area (Å²) >= 11 is 0.